The van der Waals surface area contributed by atoms with Crippen molar-refractivity contribution < 1.29 is 38.2 Å². The normalized spacial score (nSPS) is 21.2. The van der Waals surface area contributed by atoms with E-state index in [0.29, 0.717) is 38.7 Å². The summed E-state index contributed by atoms with van der Waals surface area (Å²) in [6.45, 7) is 15.8. The van der Waals surface area contributed by atoms with Crippen molar-refractivity contribution in [3.8, 4) is 0 Å². The van der Waals surface area contributed by atoms with Gasteiger partial charge in [-0.3, -0.25) is 19.2 Å². The highest BCUT2D eigenvalue weighted by atomic mass is 16.6. The minimum absolute atomic E-state index is 0.0604. The predicted octanol–water partition coefficient (Wildman–Crippen LogP) is 6.41. The molecule has 51 heavy (non-hydrogen) atoms. The average Bonchev–Trinajstić information content (AvgIpc) is 3.50. The molecule has 0 spiro atoms. The zero-order valence-electron chi connectivity index (χ0n) is 32.4. The first-order valence-corrected chi connectivity index (χ1v) is 18.8. The van der Waals surface area contributed by atoms with Crippen molar-refractivity contribution in [2.45, 2.75) is 149 Å². The Bertz CT molecular complexity index is 1340. The minimum atomic E-state index is -1.33. The van der Waals surface area contributed by atoms with Crippen LogP contribution in [0, 0.1) is 23.2 Å². The fourth-order valence-corrected chi connectivity index (χ4v) is 7.33. The molecule has 286 valence electrons. The van der Waals surface area contributed by atoms with Crippen LogP contribution in [0.4, 0.5) is 4.79 Å². The van der Waals surface area contributed by atoms with E-state index in [1.165, 1.54) is 5.56 Å². The number of ether oxygens (including phenoxy) is 3. The van der Waals surface area contributed by atoms with Gasteiger partial charge in [-0.1, -0.05) is 43.2 Å². The molecule has 0 radical (unpaired) electrons. The Morgan fingerprint density at radius 2 is 1.51 bits per heavy atom. The number of hydrogen-bond donors (Lipinski definition) is 3. The Morgan fingerprint density at radius 3 is 2.10 bits per heavy atom. The summed E-state index contributed by atoms with van der Waals surface area (Å²) < 4.78 is 16.6. The number of alkyl carbamates (subject to hydrolysis) is 1. The largest absolute Gasteiger partial charge is 0.466 e. The summed E-state index contributed by atoms with van der Waals surface area (Å²) in [5.74, 6) is -2.19. The Hall–Kier alpha value is -3.63. The van der Waals surface area contributed by atoms with E-state index in [2.05, 4.69) is 28.1 Å². The number of rotatable bonds is 14. The van der Waals surface area contributed by atoms with Crippen LogP contribution in [0.15, 0.2) is 30.3 Å². The van der Waals surface area contributed by atoms with E-state index in [4.69, 9.17) is 14.2 Å². The van der Waals surface area contributed by atoms with E-state index in [-0.39, 0.29) is 42.7 Å². The zero-order valence-corrected chi connectivity index (χ0v) is 32.4. The topological polar surface area (TPSA) is 149 Å². The highest BCUT2D eigenvalue weighted by molar-refractivity contribution is 5.89. The fraction of sp³-hybridized carbons (Fsp3) is 0.725. The molecular weight excluding hydrogens is 650 g/mol. The molecule has 4 unspecified atom stereocenters. The number of amides is 3. The molecule has 1 aromatic carbocycles. The molecule has 3 rings (SSSR count). The van der Waals surface area contributed by atoms with Gasteiger partial charge in [-0.25, -0.2) is 4.79 Å². The number of benzene rings is 1. The highest BCUT2D eigenvalue weighted by Crippen LogP contribution is 2.45. The third-order valence-electron chi connectivity index (χ3n) is 9.86. The van der Waals surface area contributed by atoms with Crippen LogP contribution in [0.5, 0.6) is 0 Å². The molecule has 0 bridgehead atoms. The Labute approximate surface area is 305 Å². The molecule has 2 aliphatic rings. The molecule has 2 fully saturated rings. The second-order valence-electron chi connectivity index (χ2n) is 17.0. The molecule has 3 N–H and O–H groups in total. The Kier molecular flexibility index (Phi) is 14.5. The van der Waals surface area contributed by atoms with Crippen LogP contribution in [0.25, 0.3) is 0 Å². The number of carbonyl (C=O) groups excluding carboxylic acids is 5. The lowest BCUT2D eigenvalue weighted by molar-refractivity contribution is -0.161. The van der Waals surface area contributed by atoms with Crippen LogP contribution >= 0.6 is 0 Å². The van der Waals surface area contributed by atoms with Gasteiger partial charge in [0.1, 0.15) is 16.7 Å². The Morgan fingerprint density at radius 1 is 0.882 bits per heavy atom. The minimum Gasteiger partial charge on any atom is -0.466 e. The fourth-order valence-electron chi connectivity index (χ4n) is 7.33. The molecule has 11 nitrogen and oxygen atoms in total. The second-order valence-corrected chi connectivity index (χ2v) is 17.0. The molecule has 4 atom stereocenters. The molecule has 0 heterocycles. The lowest BCUT2D eigenvalue weighted by atomic mass is 9.73. The van der Waals surface area contributed by atoms with Gasteiger partial charge in [0.2, 0.25) is 11.8 Å². The second kappa shape index (κ2) is 17.7. The van der Waals surface area contributed by atoms with E-state index in [1.54, 1.807) is 55.4 Å². The highest BCUT2D eigenvalue weighted by Gasteiger charge is 2.47. The SMILES string of the molecule is CCOC(=O)C1CCC(NC(=O)C2(CC(CNC(=O)C(C)(C)NC(=O)OC(C)(C)C)C(=O)OC(C)(C)C)CCCC2)CC1CCc1ccccc1. The van der Waals surface area contributed by atoms with E-state index in [0.717, 1.165) is 25.7 Å². The summed E-state index contributed by atoms with van der Waals surface area (Å²) in [6.07, 6.45) is 6.03. The third-order valence-corrected chi connectivity index (χ3v) is 9.86. The monoisotopic (exact) mass is 713 g/mol. The van der Waals surface area contributed by atoms with Crippen molar-refractivity contribution in [2.24, 2.45) is 23.2 Å². The quantitative estimate of drug-likeness (QED) is 0.148. The summed E-state index contributed by atoms with van der Waals surface area (Å²) in [5, 5.41) is 8.80. The molecular formula is C40H63N3O8. The van der Waals surface area contributed by atoms with E-state index in [1.807, 2.05) is 25.1 Å². The van der Waals surface area contributed by atoms with Crippen molar-refractivity contribution in [1.29, 1.82) is 0 Å². The Balaban J connectivity index is 1.75. The van der Waals surface area contributed by atoms with Crippen molar-refractivity contribution in [2.75, 3.05) is 13.2 Å². The summed E-state index contributed by atoms with van der Waals surface area (Å²) in [7, 11) is 0. The summed E-state index contributed by atoms with van der Waals surface area (Å²) >= 11 is 0. The van der Waals surface area contributed by atoms with Crippen LogP contribution in [0.3, 0.4) is 0 Å². The maximum Gasteiger partial charge on any atom is 0.408 e. The molecule has 1 aromatic rings. The molecule has 11 heteroatoms. The molecule has 2 aliphatic carbocycles. The van der Waals surface area contributed by atoms with Gasteiger partial charge in [-0.05, 0) is 125 Å². The van der Waals surface area contributed by atoms with Crippen molar-refractivity contribution in [3.05, 3.63) is 35.9 Å². The summed E-state index contributed by atoms with van der Waals surface area (Å²) in [6, 6.07) is 10.1. The van der Waals surface area contributed by atoms with Gasteiger partial charge in [-0.2, -0.15) is 0 Å². The first-order valence-electron chi connectivity index (χ1n) is 18.8. The lowest BCUT2D eigenvalue weighted by Crippen LogP contribution is -2.56. The van der Waals surface area contributed by atoms with Gasteiger partial charge in [0.25, 0.3) is 0 Å². The van der Waals surface area contributed by atoms with Crippen molar-refractivity contribution >= 4 is 29.8 Å². The third kappa shape index (κ3) is 13.1. The summed E-state index contributed by atoms with van der Waals surface area (Å²) in [5.41, 5.74) is -2.44. The number of hydrogen-bond acceptors (Lipinski definition) is 8. The maximum atomic E-state index is 14.3. The molecule has 0 aromatic heterocycles. The smallest absolute Gasteiger partial charge is 0.408 e. The number of esters is 2. The van der Waals surface area contributed by atoms with Crippen LogP contribution in [0.2, 0.25) is 0 Å². The molecule has 2 saturated carbocycles. The van der Waals surface area contributed by atoms with Gasteiger partial charge < -0.3 is 30.2 Å². The standard InChI is InChI=1S/C40H63N3O8/c1-10-49-33(45)31-21-20-30(24-28(31)19-18-27-16-12-11-13-17-27)42-35(47)40(22-14-15-23-40)25-29(32(44)50-37(2,3)4)26-41-34(46)39(8,9)43-36(48)51-38(5,6)7/h11-13,16-17,28-31H,10,14-15,18-26H2,1-9H3,(H,41,46)(H,42,47)(H,43,48). The zero-order chi connectivity index (χ0) is 38.0. The number of carbonyl (C=O) groups is 5. The van der Waals surface area contributed by atoms with Gasteiger partial charge in [0, 0.05) is 12.6 Å². The van der Waals surface area contributed by atoms with E-state index >= 15 is 0 Å². The first-order chi connectivity index (χ1) is 23.7. The van der Waals surface area contributed by atoms with Gasteiger partial charge in [-0.15, -0.1) is 0 Å². The van der Waals surface area contributed by atoms with Gasteiger partial charge >= 0.3 is 18.0 Å². The van der Waals surface area contributed by atoms with E-state index < -0.39 is 46.0 Å². The molecule has 0 saturated heterocycles. The summed E-state index contributed by atoms with van der Waals surface area (Å²) in [4.78, 5) is 66.7. The number of aryl methyl sites for hydroxylation is 1. The first kappa shape index (κ1) is 41.8. The van der Waals surface area contributed by atoms with Crippen molar-refractivity contribution in [3.63, 3.8) is 0 Å². The maximum absolute atomic E-state index is 14.3. The van der Waals surface area contributed by atoms with E-state index in [9.17, 15) is 24.0 Å². The predicted molar refractivity (Wildman–Crippen MR) is 195 cm³/mol. The van der Waals surface area contributed by atoms with Gasteiger partial charge in [0.05, 0.1) is 23.9 Å². The van der Waals surface area contributed by atoms with Gasteiger partial charge in [0.15, 0.2) is 0 Å². The van der Waals surface area contributed by atoms with Crippen LogP contribution in [-0.4, -0.2) is 65.8 Å². The molecule has 0 aliphatic heterocycles. The van der Waals surface area contributed by atoms with Crippen molar-refractivity contribution in [1.82, 2.24) is 16.0 Å². The van der Waals surface area contributed by atoms with Crippen LogP contribution in [0.1, 0.15) is 126 Å². The average molecular weight is 714 g/mol. The number of nitrogens with one attached hydrogen (secondary N) is 3. The van der Waals surface area contributed by atoms with Crippen LogP contribution in [-0.2, 0) is 39.8 Å². The van der Waals surface area contributed by atoms with Crippen LogP contribution < -0.4 is 16.0 Å². The lowest BCUT2D eigenvalue weighted by Gasteiger charge is -2.38. The molecule has 3 amide bonds.